The van der Waals surface area contributed by atoms with E-state index in [9.17, 15) is 14.9 Å². The summed E-state index contributed by atoms with van der Waals surface area (Å²) >= 11 is 0. The number of fused-ring (bicyclic) bond motifs is 1. The predicted molar refractivity (Wildman–Crippen MR) is 87.1 cm³/mol. The van der Waals surface area contributed by atoms with Gasteiger partial charge in [-0.2, -0.15) is 5.26 Å². The quantitative estimate of drug-likeness (QED) is 0.875. The van der Waals surface area contributed by atoms with E-state index in [-0.39, 0.29) is 24.2 Å². The maximum atomic E-state index is 12.1. The minimum Gasteiger partial charge on any atom is -0.376 e. The van der Waals surface area contributed by atoms with Crippen molar-refractivity contribution in [2.24, 2.45) is 5.92 Å². The number of hydrogen-bond acceptors (Lipinski definition) is 4. The third kappa shape index (κ3) is 3.37. The van der Waals surface area contributed by atoms with Crippen LogP contribution in [0.3, 0.4) is 0 Å². The molecular formula is C18H21N3O2. The molecule has 0 aliphatic heterocycles. The molecule has 1 atom stereocenters. The number of nitrogens with zero attached hydrogens (tertiary/aromatic N) is 1. The summed E-state index contributed by atoms with van der Waals surface area (Å²) in [6.07, 6.45) is 4.42. The van der Waals surface area contributed by atoms with Gasteiger partial charge in [0.1, 0.15) is 5.54 Å². The van der Waals surface area contributed by atoms with Crippen molar-refractivity contribution >= 4 is 17.4 Å². The molecule has 2 aliphatic rings. The number of anilines is 1. The van der Waals surface area contributed by atoms with Crippen LogP contribution in [-0.2, 0) is 11.2 Å². The van der Waals surface area contributed by atoms with Gasteiger partial charge in [-0.15, -0.1) is 0 Å². The number of rotatable bonds is 5. The van der Waals surface area contributed by atoms with Gasteiger partial charge < -0.3 is 10.6 Å². The zero-order valence-electron chi connectivity index (χ0n) is 13.3. The van der Waals surface area contributed by atoms with Crippen molar-refractivity contribution in [1.29, 1.82) is 5.26 Å². The first-order chi connectivity index (χ1) is 11.0. The van der Waals surface area contributed by atoms with Crippen LogP contribution in [0.4, 0.5) is 5.69 Å². The van der Waals surface area contributed by atoms with E-state index in [0.717, 1.165) is 42.5 Å². The minimum absolute atomic E-state index is 0.0942. The van der Waals surface area contributed by atoms with Crippen molar-refractivity contribution in [3.63, 3.8) is 0 Å². The van der Waals surface area contributed by atoms with Crippen LogP contribution in [0.1, 0.15) is 48.5 Å². The topological polar surface area (TPSA) is 82.0 Å². The van der Waals surface area contributed by atoms with Crippen molar-refractivity contribution in [3.05, 3.63) is 29.3 Å². The van der Waals surface area contributed by atoms with E-state index in [1.165, 1.54) is 0 Å². The lowest BCUT2D eigenvalue weighted by Crippen LogP contribution is -2.48. The fourth-order valence-electron chi connectivity index (χ4n) is 3.14. The number of carbonyl (C=O) groups excluding carboxylic acids is 2. The number of nitriles is 1. The van der Waals surface area contributed by atoms with E-state index in [0.29, 0.717) is 6.42 Å². The number of benzene rings is 1. The molecular weight excluding hydrogens is 290 g/mol. The molecule has 2 aliphatic carbocycles. The smallest absolute Gasteiger partial charge is 0.240 e. The first-order valence-corrected chi connectivity index (χ1v) is 8.14. The summed E-state index contributed by atoms with van der Waals surface area (Å²) < 4.78 is 0. The van der Waals surface area contributed by atoms with Crippen LogP contribution >= 0.6 is 0 Å². The van der Waals surface area contributed by atoms with Crippen LogP contribution in [0.2, 0.25) is 0 Å². The van der Waals surface area contributed by atoms with Crippen LogP contribution in [-0.4, -0.2) is 23.8 Å². The Hall–Kier alpha value is -2.35. The molecule has 0 heterocycles. The zero-order chi connectivity index (χ0) is 16.4. The summed E-state index contributed by atoms with van der Waals surface area (Å²) in [6.45, 7) is 1.87. The number of ketones is 1. The second kappa shape index (κ2) is 6.04. The van der Waals surface area contributed by atoms with Crippen molar-refractivity contribution in [2.45, 2.75) is 44.6 Å². The Morgan fingerprint density at radius 3 is 2.87 bits per heavy atom. The average molecular weight is 311 g/mol. The fraction of sp³-hybridized carbons (Fsp3) is 0.500. The summed E-state index contributed by atoms with van der Waals surface area (Å²) in [5, 5.41) is 15.1. The van der Waals surface area contributed by atoms with Gasteiger partial charge in [0.2, 0.25) is 5.91 Å². The molecule has 1 aromatic carbocycles. The molecule has 0 spiro atoms. The normalized spacial score (nSPS) is 19.2. The standard InChI is InChI=1S/C18H21N3O2/c1-18(11-19,13-6-7-13)21-17(23)10-20-14-8-5-12-3-2-4-16(22)15(12)9-14/h5,8-9,13,20H,2-4,6-7,10H2,1H3,(H,21,23)/t18-/m0/s1. The number of nitrogens with one attached hydrogen (secondary N) is 2. The molecule has 1 amide bonds. The average Bonchev–Trinajstić information content (AvgIpc) is 3.39. The highest BCUT2D eigenvalue weighted by atomic mass is 16.2. The number of Topliss-reactive ketones (excluding diaryl/α,β-unsaturated/α-hetero) is 1. The van der Waals surface area contributed by atoms with E-state index in [1.54, 1.807) is 6.92 Å². The van der Waals surface area contributed by atoms with Gasteiger partial charge in [0, 0.05) is 17.7 Å². The summed E-state index contributed by atoms with van der Waals surface area (Å²) in [5.74, 6) is 0.230. The van der Waals surface area contributed by atoms with Gasteiger partial charge >= 0.3 is 0 Å². The lowest BCUT2D eigenvalue weighted by Gasteiger charge is -2.23. The summed E-state index contributed by atoms with van der Waals surface area (Å²) in [7, 11) is 0. The molecule has 5 nitrogen and oxygen atoms in total. The Bertz CT molecular complexity index is 688. The number of aryl methyl sites for hydroxylation is 1. The van der Waals surface area contributed by atoms with Crippen LogP contribution in [0.25, 0.3) is 0 Å². The largest absolute Gasteiger partial charge is 0.376 e. The van der Waals surface area contributed by atoms with Gasteiger partial charge in [-0.25, -0.2) is 0 Å². The maximum absolute atomic E-state index is 12.1. The van der Waals surface area contributed by atoms with E-state index in [1.807, 2.05) is 18.2 Å². The number of hydrogen-bond donors (Lipinski definition) is 2. The molecule has 5 heteroatoms. The molecule has 120 valence electrons. The van der Waals surface area contributed by atoms with Crippen molar-refractivity contribution in [2.75, 3.05) is 11.9 Å². The van der Waals surface area contributed by atoms with Gasteiger partial charge in [-0.05, 0) is 56.2 Å². The Balaban J connectivity index is 1.60. The molecule has 1 fully saturated rings. The van der Waals surface area contributed by atoms with Gasteiger partial charge in [-0.3, -0.25) is 9.59 Å². The Kier molecular flexibility index (Phi) is 4.08. The minimum atomic E-state index is -0.773. The SMILES string of the molecule is C[C@@](C#N)(NC(=O)CNc1ccc2c(c1)C(=O)CCC2)C1CC1. The highest BCUT2D eigenvalue weighted by molar-refractivity contribution is 5.99. The number of amides is 1. The van der Waals surface area contributed by atoms with Crippen LogP contribution in [0.15, 0.2) is 18.2 Å². The Labute approximate surface area is 136 Å². The van der Waals surface area contributed by atoms with Gasteiger partial charge in [0.05, 0.1) is 12.6 Å². The molecule has 1 saturated carbocycles. The van der Waals surface area contributed by atoms with Crippen molar-refractivity contribution in [3.8, 4) is 6.07 Å². The van der Waals surface area contributed by atoms with E-state index >= 15 is 0 Å². The first-order valence-electron chi connectivity index (χ1n) is 8.14. The summed E-state index contributed by atoms with van der Waals surface area (Å²) in [6, 6.07) is 7.89. The molecule has 23 heavy (non-hydrogen) atoms. The molecule has 2 N–H and O–H groups in total. The fourth-order valence-corrected chi connectivity index (χ4v) is 3.14. The summed E-state index contributed by atoms with van der Waals surface area (Å²) in [4.78, 5) is 24.0. The van der Waals surface area contributed by atoms with E-state index in [4.69, 9.17) is 0 Å². The van der Waals surface area contributed by atoms with Gasteiger partial charge in [0.25, 0.3) is 0 Å². The predicted octanol–water partition coefficient (Wildman–Crippen LogP) is 2.43. The third-order valence-electron chi connectivity index (χ3n) is 4.74. The molecule has 0 bridgehead atoms. The number of carbonyl (C=O) groups is 2. The van der Waals surface area contributed by atoms with Crippen molar-refractivity contribution in [1.82, 2.24) is 5.32 Å². The molecule has 0 saturated heterocycles. The van der Waals surface area contributed by atoms with Crippen LogP contribution in [0.5, 0.6) is 0 Å². The highest BCUT2D eigenvalue weighted by Gasteiger charge is 2.42. The summed E-state index contributed by atoms with van der Waals surface area (Å²) in [5.41, 5.74) is 1.84. The third-order valence-corrected chi connectivity index (χ3v) is 4.74. The molecule has 1 aromatic rings. The van der Waals surface area contributed by atoms with Gasteiger partial charge in [-0.1, -0.05) is 6.07 Å². The second-order valence-corrected chi connectivity index (χ2v) is 6.64. The van der Waals surface area contributed by atoms with E-state index < -0.39 is 5.54 Å². The Morgan fingerprint density at radius 2 is 2.17 bits per heavy atom. The first kappa shape index (κ1) is 15.5. The molecule has 0 radical (unpaired) electrons. The molecule has 3 rings (SSSR count). The lowest BCUT2D eigenvalue weighted by molar-refractivity contribution is -0.120. The van der Waals surface area contributed by atoms with Crippen LogP contribution < -0.4 is 10.6 Å². The van der Waals surface area contributed by atoms with Gasteiger partial charge in [0.15, 0.2) is 5.78 Å². The molecule has 0 unspecified atom stereocenters. The monoisotopic (exact) mass is 311 g/mol. The van der Waals surface area contributed by atoms with Crippen molar-refractivity contribution < 1.29 is 9.59 Å². The second-order valence-electron chi connectivity index (χ2n) is 6.64. The molecule has 0 aromatic heterocycles. The Morgan fingerprint density at radius 1 is 1.39 bits per heavy atom. The van der Waals surface area contributed by atoms with Crippen LogP contribution in [0, 0.1) is 17.2 Å². The highest BCUT2D eigenvalue weighted by Crippen LogP contribution is 2.39. The van der Waals surface area contributed by atoms with E-state index in [2.05, 4.69) is 16.7 Å². The zero-order valence-corrected chi connectivity index (χ0v) is 13.3. The lowest BCUT2D eigenvalue weighted by atomic mass is 9.90. The maximum Gasteiger partial charge on any atom is 0.240 e.